The van der Waals surface area contributed by atoms with Crippen LogP contribution in [0.3, 0.4) is 0 Å². The van der Waals surface area contributed by atoms with Crippen molar-refractivity contribution in [1.29, 1.82) is 5.26 Å². The summed E-state index contributed by atoms with van der Waals surface area (Å²) in [5, 5.41) is 22.6. The van der Waals surface area contributed by atoms with Crippen LogP contribution in [0.1, 0.15) is 12.0 Å². The molecule has 2 aromatic carbocycles. The Morgan fingerprint density at radius 3 is 2.33 bits per heavy atom. The SMILES string of the molecule is N#Cc1ccc(Nc2ccc(NC(=O)CCOc3ccccc3)nn2)cc1. The molecule has 0 radical (unpaired) electrons. The van der Waals surface area contributed by atoms with E-state index in [9.17, 15) is 4.79 Å². The van der Waals surface area contributed by atoms with Gasteiger partial charge in [-0.3, -0.25) is 4.79 Å². The second kappa shape index (κ2) is 8.97. The number of hydrogen-bond acceptors (Lipinski definition) is 6. The molecule has 0 aliphatic rings. The molecule has 1 heterocycles. The molecule has 7 nitrogen and oxygen atoms in total. The summed E-state index contributed by atoms with van der Waals surface area (Å²) in [4.78, 5) is 11.9. The monoisotopic (exact) mass is 359 g/mol. The Labute approximate surface area is 156 Å². The van der Waals surface area contributed by atoms with Crippen LogP contribution in [0, 0.1) is 11.3 Å². The summed E-state index contributed by atoms with van der Waals surface area (Å²) >= 11 is 0. The van der Waals surface area contributed by atoms with E-state index < -0.39 is 0 Å². The molecule has 1 aromatic heterocycles. The summed E-state index contributed by atoms with van der Waals surface area (Å²) in [6.45, 7) is 0.279. The summed E-state index contributed by atoms with van der Waals surface area (Å²) in [6.07, 6.45) is 0.210. The molecule has 1 amide bonds. The molecular formula is C20H17N5O2. The van der Waals surface area contributed by atoms with Gasteiger partial charge in [0, 0.05) is 5.69 Å². The van der Waals surface area contributed by atoms with E-state index in [1.54, 1.807) is 36.4 Å². The minimum atomic E-state index is -0.201. The number of amides is 1. The van der Waals surface area contributed by atoms with Gasteiger partial charge in [0.1, 0.15) is 5.75 Å². The van der Waals surface area contributed by atoms with Gasteiger partial charge < -0.3 is 15.4 Å². The van der Waals surface area contributed by atoms with E-state index in [1.807, 2.05) is 30.3 Å². The van der Waals surface area contributed by atoms with E-state index in [0.29, 0.717) is 17.2 Å². The summed E-state index contributed by atoms with van der Waals surface area (Å²) < 4.78 is 5.49. The quantitative estimate of drug-likeness (QED) is 0.670. The van der Waals surface area contributed by atoms with Gasteiger partial charge in [-0.2, -0.15) is 5.26 Å². The number of aromatic nitrogens is 2. The van der Waals surface area contributed by atoms with Gasteiger partial charge in [0.25, 0.3) is 0 Å². The lowest BCUT2D eigenvalue weighted by atomic mass is 10.2. The molecule has 134 valence electrons. The molecule has 0 aliphatic heterocycles. The van der Waals surface area contributed by atoms with Crippen molar-refractivity contribution < 1.29 is 9.53 Å². The van der Waals surface area contributed by atoms with Gasteiger partial charge in [0.2, 0.25) is 5.91 Å². The Bertz CT molecular complexity index is 919. The Morgan fingerprint density at radius 2 is 1.67 bits per heavy atom. The zero-order chi connectivity index (χ0) is 18.9. The van der Waals surface area contributed by atoms with Crippen molar-refractivity contribution in [3.05, 3.63) is 72.3 Å². The second-order valence-electron chi connectivity index (χ2n) is 5.58. The Morgan fingerprint density at radius 1 is 0.963 bits per heavy atom. The fourth-order valence-corrected chi connectivity index (χ4v) is 2.23. The second-order valence-corrected chi connectivity index (χ2v) is 5.58. The summed E-state index contributed by atoms with van der Waals surface area (Å²) in [5.41, 5.74) is 1.37. The van der Waals surface area contributed by atoms with Crippen molar-refractivity contribution in [2.75, 3.05) is 17.2 Å². The lowest BCUT2D eigenvalue weighted by Crippen LogP contribution is -2.16. The first-order valence-electron chi connectivity index (χ1n) is 8.31. The third-order valence-corrected chi connectivity index (χ3v) is 3.56. The van der Waals surface area contributed by atoms with Crippen LogP contribution in [-0.4, -0.2) is 22.7 Å². The molecular weight excluding hydrogens is 342 g/mol. The van der Waals surface area contributed by atoms with Gasteiger partial charge in [-0.25, -0.2) is 0 Å². The van der Waals surface area contributed by atoms with E-state index in [4.69, 9.17) is 10.00 Å². The van der Waals surface area contributed by atoms with Gasteiger partial charge >= 0.3 is 0 Å². The zero-order valence-electron chi connectivity index (χ0n) is 14.4. The third-order valence-electron chi connectivity index (χ3n) is 3.56. The molecule has 2 N–H and O–H groups in total. The predicted octanol–water partition coefficient (Wildman–Crippen LogP) is 3.50. The fourth-order valence-electron chi connectivity index (χ4n) is 2.23. The molecule has 0 spiro atoms. The number of benzene rings is 2. The molecule has 7 heteroatoms. The van der Waals surface area contributed by atoms with Crippen molar-refractivity contribution in [2.24, 2.45) is 0 Å². The first kappa shape index (κ1) is 17.9. The standard InChI is InChI=1S/C20H17N5O2/c21-14-15-6-8-16(9-7-15)22-18-10-11-19(25-24-18)23-20(26)12-13-27-17-4-2-1-3-5-17/h1-11H,12-13H2,(H,22,24)(H,23,25,26). The van der Waals surface area contributed by atoms with E-state index in [0.717, 1.165) is 11.4 Å². The van der Waals surface area contributed by atoms with Crippen LogP contribution in [0.25, 0.3) is 0 Å². The molecule has 3 rings (SSSR count). The lowest BCUT2D eigenvalue weighted by molar-refractivity contribution is -0.116. The van der Waals surface area contributed by atoms with Crippen molar-refractivity contribution in [3.63, 3.8) is 0 Å². The van der Waals surface area contributed by atoms with Crippen LogP contribution in [0.2, 0.25) is 0 Å². The number of carbonyl (C=O) groups is 1. The molecule has 0 aliphatic carbocycles. The zero-order valence-corrected chi connectivity index (χ0v) is 14.4. The van der Waals surface area contributed by atoms with E-state index >= 15 is 0 Å². The predicted molar refractivity (Wildman–Crippen MR) is 102 cm³/mol. The van der Waals surface area contributed by atoms with Crippen molar-refractivity contribution in [3.8, 4) is 11.8 Å². The highest BCUT2D eigenvalue weighted by atomic mass is 16.5. The number of nitrogens with zero attached hydrogens (tertiary/aromatic N) is 3. The molecule has 27 heavy (non-hydrogen) atoms. The largest absolute Gasteiger partial charge is 0.493 e. The lowest BCUT2D eigenvalue weighted by Gasteiger charge is -2.08. The maximum atomic E-state index is 11.9. The highest BCUT2D eigenvalue weighted by Gasteiger charge is 2.05. The average Bonchev–Trinajstić information content (AvgIpc) is 2.71. The summed E-state index contributed by atoms with van der Waals surface area (Å²) in [6, 6.07) is 21.7. The van der Waals surface area contributed by atoms with Gasteiger partial charge in [-0.15, -0.1) is 10.2 Å². The highest BCUT2D eigenvalue weighted by Crippen LogP contribution is 2.15. The normalized spacial score (nSPS) is 9.89. The third kappa shape index (κ3) is 5.54. The minimum Gasteiger partial charge on any atom is -0.493 e. The molecule has 0 saturated carbocycles. The average molecular weight is 359 g/mol. The van der Waals surface area contributed by atoms with Gasteiger partial charge in [0.15, 0.2) is 11.6 Å². The van der Waals surface area contributed by atoms with Crippen LogP contribution < -0.4 is 15.4 Å². The molecule has 0 bridgehead atoms. The number of ether oxygens (including phenoxy) is 1. The van der Waals surface area contributed by atoms with Gasteiger partial charge in [-0.1, -0.05) is 18.2 Å². The first-order chi connectivity index (χ1) is 13.2. The summed E-state index contributed by atoms with van der Waals surface area (Å²) in [7, 11) is 0. The summed E-state index contributed by atoms with van der Waals surface area (Å²) in [5.74, 6) is 1.42. The Hall–Kier alpha value is -3.92. The van der Waals surface area contributed by atoms with Crippen LogP contribution >= 0.6 is 0 Å². The van der Waals surface area contributed by atoms with Crippen LogP contribution in [0.5, 0.6) is 5.75 Å². The first-order valence-corrected chi connectivity index (χ1v) is 8.31. The van der Waals surface area contributed by atoms with E-state index in [-0.39, 0.29) is 18.9 Å². The van der Waals surface area contributed by atoms with Gasteiger partial charge in [-0.05, 0) is 48.5 Å². The maximum absolute atomic E-state index is 11.9. The van der Waals surface area contributed by atoms with Crippen molar-refractivity contribution in [1.82, 2.24) is 10.2 Å². The maximum Gasteiger partial charge on any atom is 0.229 e. The molecule has 0 fully saturated rings. The minimum absolute atomic E-state index is 0.201. The molecule has 3 aromatic rings. The Balaban J connectivity index is 1.46. The van der Waals surface area contributed by atoms with Gasteiger partial charge in [0.05, 0.1) is 24.7 Å². The van der Waals surface area contributed by atoms with Crippen molar-refractivity contribution >= 4 is 23.2 Å². The number of hydrogen-bond donors (Lipinski definition) is 2. The smallest absolute Gasteiger partial charge is 0.229 e. The molecule has 0 unspecified atom stereocenters. The number of rotatable bonds is 7. The van der Waals surface area contributed by atoms with Crippen molar-refractivity contribution in [2.45, 2.75) is 6.42 Å². The topological polar surface area (TPSA) is 99.9 Å². The molecule has 0 saturated heterocycles. The van der Waals surface area contributed by atoms with Crippen LogP contribution in [0.15, 0.2) is 66.7 Å². The molecule has 0 atom stereocenters. The fraction of sp³-hybridized carbons (Fsp3) is 0.100. The highest BCUT2D eigenvalue weighted by molar-refractivity contribution is 5.89. The number of nitrogens with one attached hydrogen (secondary N) is 2. The van der Waals surface area contributed by atoms with Crippen LogP contribution in [-0.2, 0) is 4.79 Å². The number of carbonyl (C=O) groups excluding carboxylic acids is 1. The van der Waals surface area contributed by atoms with E-state index in [2.05, 4.69) is 26.9 Å². The Kier molecular flexibility index (Phi) is 5.94. The number of nitriles is 1. The number of anilines is 3. The van der Waals surface area contributed by atoms with Crippen LogP contribution in [0.4, 0.5) is 17.3 Å². The number of para-hydroxylation sites is 1. The van der Waals surface area contributed by atoms with E-state index in [1.165, 1.54) is 0 Å².